The van der Waals surface area contributed by atoms with Gasteiger partial charge in [-0.1, -0.05) is 0 Å². The van der Waals surface area contributed by atoms with E-state index in [0.717, 1.165) is 38.7 Å². The molecular formula is C19H34N4O. The van der Waals surface area contributed by atoms with Crippen molar-refractivity contribution in [3.8, 4) is 0 Å². The van der Waals surface area contributed by atoms with Crippen molar-refractivity contribution in [3.05, 3.63) is 17.0 Å². The molecule has 5 heteroatoms. The van der Waals surface area contributed by atoms with Crippen molar-refractivity contribution in [1.29, 1.82) is 0 Å². The van der Waals surface area contributed by atoms with Crippen LogP contribution in [-0.4, -0.2) is 55.6 Å². The van der Waals surface area contributed by atoms with Crippen LogP contribution in [0.15, 0.2) is 0 Å². The van der Waals surface area contributed by atoms with Crippen molar-refractivity contribution in [2.24, 2.45) is 5.92 Å². The average Bonchev–Trinajstić information content (AvgIpc) is 3.15. The summed E-state index contributed by atoms with van der Waals surface area (Å²) in [6, 6.07) is 0. The lowest BCUT2D eigenvalue weighted by atomic mass is 9.78. The number of hydrogen-bond donors (Lipinski definition) is 1. The molecule has 1 aromatic rings. The molecule has 0 unspecified atom stereocenters. The van der Waals surface area contributed by atoms with E-state index in [1.807, 2.05) is 14.2 Å². The summed E-state index contributed by atoms with van der Waals surface area (Å²) in [7, 11) is 6.06. The lowest BCUT2D eigenvalue weighted by Crippen LogP contribution is -2.28. The average molecular weight is 335 g/mol. The summed E-state index contributed by atoms with van der Waals surface area (Å²) >= 11 is 0. The van der Waals surface area contributed by atoms with Crippen molar-refractivity contribution in [2.45, 2.75) is 57.5 Å². The van der Waals surface area contributed by atoms with Crippen molar-refractivity contribution in [3.63, 3.8) is 0 Å². The molecule has 0 bridgehead atoms. The first kappa shape index (κ1) is 17.9. The normalized spacial score (nSPS) is 23.8. The maximum atomic E-state index is 5.37. The number of fused-ring (bicyclic) bond motifs is 1. The fourth-order valence-corrected chi connectivity index (χ4v) is 4.49. The zero-order chi connectivity index (χ0) is 16.9. The number of rotatable bonds is 8. The van der Waals surface area contributed by atoms with Crippen LogP contribution in [-0.2, 0) is 24.2 Å². The summed E-state index contributed by atoms with van der Waals surface area (Å²) in [4.78, 5) is 2.40. The molecule has 2 aliphatic rings. The fourth-order valence-electron chi connectivity index (χ4n) is 4.49. The maximum absolute atomic E-state index is 5.37. The molecule has 0 radical (unpaired) electrons. The molecule has 5 nitrogen and oxygen atoms in total. The van der Waals surface area contributed by atoms with Gasteiger partial charge in [-0.2, -0.15) is 5.10 Å². The highest BCUT2D eigenvalue weighted by Gasteiger charge is 2.30. The molecule has 0 saturated heterocycles. The Morgan fingerprint density at radius 2 is 2.08 bits per heavy atom. The third-order valence-corrected chi connectivity index (χ3v) is 5.78. The van der Waals surface area contributed by atoms with Gasteiger partial charge >= 0.3 is 0 Å². The quantitative estimate of drug-likeness (QED) is 0.793. The van der Waals surface area contributed by atoms with Crippen LogP contribution >= 0.6 is 0 Å². The predicted molar refractivity (Wildman–Crippen MR) is 97.4 cm³/mol. The van der Waals surface area contributed by atoms with Crippen molar-refractivity contribution in [1.82, 2.24) is 20.0 Å². The largest absolute Gasteiger partial charge is 0.384 e. The van der Waals surface area contributed by atoms with Crippen LogP contribution in [0.4, 0.5) is 0 Å². The first-order chi connectivity index (χ1) is 11.7. The number of hydrogen-bond acceptors (Lipinski definition) is 4. The predicted octanol–water partition coefficient (Wildman–Crippen LogP) is 2.40. The van der Waals surface area contributed by atoms with Crippen molar-refractivity contribution in [2.75, 3.05) is 40.9 Å². The van der Waals surface area contributed by atoms with Crippen LogP contribution in [0.2, 0.25) is 0 Å². The Morgan fingerprint density at radius 3 is 2.79 bits per heavy atom. The third kappa shape index (κ3) is 4.01. The Kier molecular flexibility index (Phi) is 6.31. The minimum Gasteiger partial charge on any atom is -0.384 e. The van der Waals surface area contributed by atoms with Gasteiger partial charge < -0.3 is 10.1 Å². The standard InChI is InChI=1S/C19H34N4O/c1-20-10-12-22(2)13-17-19(18-5-4-11-23(18)21-17)16-8-6-15(7-9-16)14-24-3/h15-16,20H,4-14H2,1-3H3. The van der Waals surface area contributed by atoms with Crippen molar-refractivity contribution < 1.29 is 4.74 Å². The van der Waals surface area contributed by atoms with Crippen LogP contribution in [0, 0.1) is 5.92 Å². The zero-order valence-corrected chi connectivity index (χ0v) is 15.7. The van der Waals surface area contributed by atoms with Crippen LogP contribution in [0.5, 0.6) is 0 Å². The van der Waals surface area contributed by atoms with Crippen molar-refractivity contribution >= 4 is 0 Å². The van der Waals surface area contributed by atoms with Gasteiger partial charge in [0.1, 0.15) is 0 Å². The molecule has 0 aromatic carbocycles. The van der Waals surface area contributed by atoms with Crippen LogP contribution < -0.4 is 5.32 Å². The smallest absolute Gasteiger partial charge is 0.0802 e. The summed E-state index contributed by atoms with van der Waals surface area (Å²) in [5.41, 5.74) is 4.50. The first-order valence-electron chi connectivity index (χ1n) is 9.63. The van der Waals surface area contributed by atoms with Gasteiger partial charge in [-0.05, 0) is 64.5 Å². The van der Waals surface area contributed by atoms with E-state index in [0.29, 0.717) is 5.92 Å². The summed E-state index contributed by atoms with van der Waals surface area (Å²) < 4.78 is 7.67. The number of nitrogens with one attached hydrogen (secondary N) is 1. The summed E-state index contributed by atoms with van der Waals surface area (Å²) in [5, 5.41) is 8.24. The molecule has 0 atom stereocenters. The second-order valence-electron chi connectivity index (χ2n) is 7.65. The highest BCUT2D eigenvalue weighted by atomic mass is 16.5. The fraction of sp³-hybridized carbons (Fsp3) is 0.842. The molecule has 1 aliphatic carbocycles. The van der Waals surface area contributed by atoms with E-state index in [1.54, 1.807) is 11.3 Å². The summed E-state index contributed by atoms with van der Waals surface area (Å²) in [6.07, 6.45) is 7.71. The molecule has 1 N–H and O–H groups in total. The van der Waals surface area contributed by atoms with E-state index in [2.05, 4.69) is 21.9 Å². The molecule has 1 aliphatic heterocycles. The molecule has 1 fully saturated rings. The van der Waals surface area contributed by atoms with E-state index < -0.39 is 0 Å². The molecule has 1 aromatic heterocycles. The van der Waals surface area contributed by atoms with E-state index in [4.69, 9.17) is 9.84 Å². The van der Waals surface area contributed by atoms with Crippen LogP contribution in [0.1, 0.15) is 55.0 Å². The van der Waals surface area contributed by atoms with E-state index in [1.165, 1.54) is 44.2 Å². The van der Waals surface area contributed by atoms with Gasteiger partial charge in [-0.15, -0.1) is 0 Å². The van der Waals surface area contributed by atoms with Gasteiger partial charge in [0.2, 0.25) is 0 Å². The Balaban J connectivity index is 1.72. The molecule has 136 valence electrons. The Bertz CT molecular complexity index is 520. The molecular weight excluding hydrogens is 300 g/mol. The molecule has 3 rings (SSSR count). The first-order valence-corrected chi connectivity index (χ1v) is 9.63. The van der Waals surface area contributed by atoms with Gasteiger partial charge in [0.25, 0.3) is 0 Å². The highest BCUT2D eigenvalue weighted by molar-refractivity contribution is 5.32. The number of ether oxygens (including phenoxy) is 1. The lowest BCUT2D eigenvalue weighted by Gasteiger charge is -2.29. The number of aromatic nitrogens is 2. The lowest BCUT2D eigenvalue weighted by molar-refractivity contribution is 0.127. The van der Waals surface area contributed by atoms with Gasteiger partial charge in [0, 0.05) is 51.2 Å². The van der Waals surface area contributed by atoms with E-state index in [-0.39, 0.29) is 0 Å². The van der Waals surface area contributed by atoms with E-state index in [9.17, 15) is 0 Å². The van der Waals surface area contributed by atoms with Crippen LogP contribution in [0.3, 0.4) is 0 Å². The number of likely N-dealkylation sites (N-methyl/N-ethyl adjacent to an activating group) is 2. The molecule has 2 heterocycles. The third-order valence-electron chi connectivity index (χ3n) is 5.78. The topological polar surface area (TPSA) is 42.3 Å². The number of methoxy groups -OCH3 is 1. The minimum absolute atomic E-state index is 0.715. The molecule has 0 amide bonds. The molecule has 1 saturated carbocycles. The number of aryl methyl sites for hydroxylation is 1. The molecule has 24 heavy (non-hydrogen) atoms. The zero-order valence-electron chi connectivity index (χ0n) is 15.7. The van der Waals surface area contributed by atoms with Gasteiger partial charge in [-0.3, -0.25) is 9.58 Å². The minimum atomic E-state index is 0.715. The number of nitrogens with zero attached hydrogens (tertiary/aromatic N) is 3. The second kappa shape index (κ2) is 8.45. The van der Waals surface area contributed by atoms with Gasteiger partial charge in [0.15, 0.2) is 0 Å². The second-order valence-corrected chi connectivity index (χ2v) is 7.65. The molecule has 0 spiro atoms. The summed E-state index contributed by atoms with van der Waals surface area (Å²) in [5.74, 6) is 1.48. The van der Waals surface area contributed by atoms with Gasteiger partial charge in [0.05, 0.1) is 5.69 Å². The van der Waals surface area contributed by atoms with Gasteiger partial charge in [-0.25, -0.2) is 0 Å². The SMILES string of the molecule is CNCCN(C)Cc1nn2c(c1C1CCC(COC)CC1)CCC2. The Hall–Kier alpha value is -0.910. The monoisotopic (exact) mass is 334 g/mol. The Labute approximate surface area is 146 Å². The highest BCUT2D eigenvalue weighted by Crippen LogP contribution is 2.40. The Morgan fingerprint density at radius 1 is 1.29 bits per heavy atom. The van der Waals surface area contributed by atoms with Crippen LogP contribution in [0.25, 0.3) is 0 Å². The summed E-state index contributed by atoms with van der Waals surface area (Å²) in [6.45, 7) is 5.12. The maximum Gasteiger partial charge on any atom is 0.0802 e. The van der Waals surface area contributed by atoms with E-state index >= 15 is 0 Å².